The number of nitrogens with one attached hydrogen (secondary N) is 2. The lowest BCUT2D eigenvalue weighted by Crippen LogP contribution is -2.42. The number of carbonyl (C=O) groups is 3. The number of nitrogen functional groups attached to an aromatic ring is 1. The summed E-state index contributed by atoms with van der Waals surface area (Å²) in [5.74, 6) is -0.755. The Labute approximate surface area is 419 Å². The molecule has 394 valence electrons. The fraction of sp³-hybridized carbons (Fsp3) is 0.386. The number of carbonyl (C=O) groups excluding carboxylic acids is 2. The van der Waals surface area contributed by atoms with E-state index in [2.05, 4.69) is 69.7 Å². The summed E-state index contributed by atoms with van der Waals surface area (Å²) >= 11 is 0. The van der Waals surface area contributed by atoms with Crippen molar-refractivity contribution in [1.82, 2.24) is 34.7 Å². The monoisotopic (exact) mass is 1090 g/mol. The van der Waals surface area contributed by atoms with Gasteiger partial charge in [-0.05, 0) is 74.6 Å². The van der Waals surface area contributed by atoms with Crippen LogP contribution in [-0.2, 0) is 49.2 Å². The fourth-order valence-corrected chi connectivity index (χ4v) is 12.6. The third-order valence-corrected chi connectivity index (χ3v) is 16.6. The van der Waals surface area contributed by atoms with E-state index in [0.717, 1.165) is 86.7 Å². The van der Waals surface area contributed by atoms with Crippen LogP contribution in [0.2, 0.25) is 0 Å². The van der Waals surface area contributed by atoms with Crippen LogP contribution >= 0.6 is 23.5 Å². The Hall–Kier alpha value is -6.18. The first-order valence-electron chi connectivity index (χ1n) is 23.2. The van der Waals surface area contributed by atoms with Crippen molar-refractivity contribution in [2.24, 2.45) is 0 Å². The number of benzene rings is 3. The number of hydrogen-bond acceptors (Lipinski definition) is 18. The van der Waals surface area contributed by atoms with Crippen molar-refractivity contribution in [1.29, 1.82) is 0 Å². The molecule has 4 aliphatic rings. The van der Waals surface area contributed by atoms with Gasteiger partial charge in [-0.2, -0.15) is 8.62 Å². The molecule has 2 aromatic heterocycles. The van der Waals surface area contributed by atoms with E-state index < -0.39 is 72.6 Å². The number of carboxylic acids is 1. The minimum absolute atomic E-state index is 0.0412. The molecule has 10 N–H and O–H groups in total. The molecular weight excluding hydrogens is 1040 g/mol. The molecule has 5 aromatic rings. The zero-order chi connectivity index (χ0) is 52.9. The van der Waals surface area contributed by atoms with Gasteiger partial charge in [0, 0.05) is 71.8 Å². The molecule has 0 aliphatic carbocycles. The summed E-state index contributed by atoms with van der Waals surface area (Å²) in [5, 5.41) is 28.9. The van der Waals surface area contributed by atoms with Gasteiger partial charge in [-0.1, -0.05) is 0 Å². The molecule has 3 aromatic carbocycles. The Morgan fingerprint density at radius 1 is 0.905 bits per heavy atom. The quantitative estimate of drug-likeness (QED) is 0.0357. The number of rotatable bonds is 17. The minimum atomic E-state index is -5.91. The summed E-state index contributed by atoms with van der Waals surface area (Å²) in [6.45, 7) is 5.92. The number of alkyl carbamates (subject to hydrolysis) is 1. The summed E-state index contributed by atoms with van der Waals surface area (Å²) < 4.78 is 69.4. The number of amides is 2. The first-order chi connectivity index (χ1) is 35.1. The van der Waals surface area contributed by atoms with Crippen LogP contribution in [0.25, 0.3) is 16.7 Å². The van der Waals surface area contributed by atoms with Crippen LogP contribution in [0.4, 0.5) is 16.3 Å². The van der Waals surface area contributed by atoms with Crippen molar-refractivity contribution in [3.63, 3.8) is 0 Å². The van der Waals surface area contributed by atoms with Crippen molar-refractivity contribution in [3.8, 4) is 11.5 Å². The van der Waals surface area contributed by atoms with E-state index in [-0.39, 0.29) is 41.2 Å². The lowest BCUT2D eigenvalue weighted by molar-refractivity contribution is -0.0508. The van der Waals surface area contributed by atoms with Gasteiger partial charge in [-0.3, -0.25) is 13.9 Å². The van der Waals surface area contributed by atoms with Crippen molar-refractivity contribution >= 4 is 69.7 Å². The van der Waals surface area contributed by atoms with Gasteiger partial charge in [-0.25, -0.2) is 42.8 Å². The molecule has 0 radical (unpaired) electrons. The minimum Gasteiger partial charge on any atom is -0.478 e. The van der Waals surface area contributed by atoms with E-state index in [9.17, 15) is 48.1 Å². The average Bonchev–Trinajstić information content (AvgIpc) is 3.91. The Kier molecular flexibility index (Phi) is 14.8. The Morgan fingerprint density at radius 2 is 1.68 bits per heavy atom. The number of hydrogen-bond donors (Lipinski definition) is 9. The third kappa shape index (κ3) is 11.0. The molecule has 27 nitrogen and oxygen atoms in total. The number of aromatic carboxylic acids is 1. The molecular formula is C44H51N9O18P3+. The number of aliphatic hydroxyl groups excluding tert-OH is 1. The zero-order valence-electron chi connectivity index (χ0n) is 39.5. The van der Waals surface area contributed by atoms with Crippen LogP contribution in [0, 0.1) is 0 Å². The topological polar surface area (TPSA) is 379 Å². The third-order valence-electron chi connectivity index (χ3n) is 12.8. The van der Waals surface area contributed by atoms with Crippen molar-refractivity contribution in [2.75, 3.05) is 56.5 Å². The normalized spacial score (nSPS) is 20.8. The van der Waals surface area contributed by atoms with E-state index >= 15 is 0 Å². The number of aromatic nitrogens is 4. The van der Waals surface area contributed by atoms with E-state index in [4.69, 9.17) is 34.3 Å². The number of nitrogens with two attached hydrogens (primary N) is 1. The zero-order valence-corrected chi connectivity index (χ0v) is 42.2. The number of phosphoric acid groups is 3. The number of phosphoric ester groups is 1. The van der Waals surface area contributed by atoms with Gasteiger partial charge < -0.3 is 65.3 Å². The molecule has 9 rings (SSSR count). The molecule has 2 unspecified atom stereocenters. The summed E-state index contributed by atoms with van der Waals surface area (Å²) in [7, 11) is -17.3. The summed E-state index contributed by atoms with van der Waals surface area (Å²) in [6, 6.07) is 12.4. The molecule has 1 fully saturated rings. The number of carboxylic acid groups (broad SMARTS) is 1. The predicted molar refractivity (Wildman–Crippen MR) is 258 cm³/mol. The maximum absolute atomic E-state index is 13.9. The second kappa shape index (κ2) is 20.9. The number of nitrogens with zero attached hydrogens (tertiary/aromatic N) is 6. The number of ether oxygens (including phenoxy) is 3. The first-order valence-corrected chi connectivity index (χ1v) is 27.7. The second-order valence-corrected chi connectivity index (χ2v) is 21.9. The Balaban J connectivity index is 0.938. The van der Waals surface area contributed by atoms with E-state index in [1.54, 1.807) is 0 Å². The lowest BCUT2D eigenvalue weighted by atomic mass is 9.85. The van der Waals surface area contributed by atoms with E-state index in [1.807, 2.05) is 12.1 Å². The average molecular weight is 1090 g/mol. The second-order valence-electron chi connectivity index (χ2n) is 17.4. The SMILES string of the molecule is CCN1CCCc2cc3c(cc21)Oc1cc2c(cc1=C3c1cc(C(=O)NCCNC(=O)O[C@H]3[C@@H](O)[C@H](n4cnc5c(N)ncnc54)O[C@@H]3COP(=O)(O)OP(=O)(O)OP(=O)(O)O)ccc1C(=O)O)CCC[N+]=2CC. The highest BCUT2D eigenvalue weighted by atomic mass is 31.3. The molecule has 74 heavy (non-hydrogen) atoms. The molecule has 6 atom stereocenters. The maximum atomic E-state index is 13.9. The summed E-state index contributed by atoms with van der Waals surface area (Å²) in [5.41, 5.74) is 10.9. The standard InChI is InChI=1S/C44H50N9O18P3/c1-3-51-13-5-7-23-15-28-32(18-30(23)51)67-33-19-31-24(8-6-14-52(31)4-2)16-29(33)35(28)27-17-25(9-10-26(27)43(56)57)41(55)46-11-12-47-44(58)69-38-34(20-66-73(62,63)71-74(64,65)70-72(59,60)61)68-42(37(38)54)53-22-50-36-39(45)48-21-49-40(36)53/h9-10,15-19,21-22,34,37-38,42,54H,3-8,11-14,20H2,1-2H3,(H8-,45,46,47,48,49,55,56,57,58,59,60,61,62,63,64,65)/p+1/t34-,37-,38-,42-/m1/s1. The predicted octanol–water partition coefficient (Wildman–Crippen LogP) is 1.82. The number of fused-ring (bicyclic) bond motifs is 5. The Morgan fingerprint density at radius 3 is 2.42 bits per heavy atom. The van der Waals surface area contributed by atoms with Crippen LogP contribution < -0.4 is 41.2 Å². The van der Waals surface area contributed by atoms with Crippen LogP contribution in [0.1, 0.15) is 75.9 Å². The molecule has 30 heteroatoms. The summed E-state index contributed by atoms with van der Waals surface area (Å²) in [6.07, 6.45) is -2.21. The highest BCUT2D eigenvalue weighted by Crippen LogP contribution is 2.66. The molecule has 6 heterocycles. The van der Waals surface area contributed by atoms with Crippen molar-refractivity contribution in [3.05, 3.63) is 99.1 Å². The van der Waals surface area contributed by atoms with Crippen molar-refractivity contribution in [2.45, 2.75) is 64.1 Å². The highest BCUT2D eigenvalue weighted by Gasteiger charge is 2.50. The molecule has 2 amide bonds. The van der Waals surface area contributed by atoms with Gasteiger partial charge in [0.25, 0.3) is 5.91 Å². The lowest BCUT2D eigenvalue weighted by Gasteiger charge is -2.32. The van der Waals surface area contributed by atoms with Crippen LogP contribution in [0.15, 0.2) is 55.1 Å². The van der Waals surface area contributed by atoms with Crippen LogP contribution in [0.5, 0.6) is 11.5 Å². The maximum Gasteiger partial charge on any atom is 0.490 e. The highest BCUT2D eigenvalue weighted by molar-refractivity contribution is 7.66. The van der Waals surface area contributed by atoms with Crippen LogP contribution in [-0.4, -0.2) is 131 Å². The van der Waals surface area contributed by atoms with Crippen LogP contribution in [0.3, 0.4) is 0 Å². The van der Waals surface area contributed by atoms with E-state index in [0.29, 0.717) is 33.4 Å². The molecule has 0 spiro atoms. The Bertz CT molecular complexity index is 3370. The molecule has 0 saturated carbocycles. The molecule has 4 aliphatic heterocycles. The van der Waals surface area contributed by atoms with E-state index in [1.165, 1.54) is 22.8 Å². The van der Waals surface area contributed by atoms with Gasteiger partial charge in [-0.15, -0.1) is 0 Å². The van der Waals surface area contributed by atoms with Gasteiger partial charge in [0.1, 0.15) is 48.6 Å². The van der Waals surface area contributed by atoms with Gasteiger partial charge >= 0.3 is 35.5 Å². The fourth-order valence-electron chi connectivity index (χ4n) is 9.59. The van der Waals surface area contributed by atoms with Crippen molar-refractivity contribution < 1.29 is 85.2 Å². The molecule has 0 bridgehead atoms. The number of aliphatic hydroxyl groups is 1. The largest absolute Gasteiger partial charge is 0.490 e. The number of aryl methyl sites for hydroxylation is 2. The smallest absolute Gasteiger partial charge is 0.478 e. The van der Waals surface area contributed by atoms with Gasteiger partial charge in [0.15, 0.2) is 23.8 Å². The van der Waals surface area contributed by atoms with Gasteiger partial charge in [0.2, 0.25) is 5.36 Å². The number of anilines is 2. The van der Waals surface area contributed by atoms with Gasteiger partial charge in [0.05, 0.1) is 24.6 Å². The molecule has 1 saturated heterocycles. The summed E-state index contributed by atoms with van der Waals surface area (Å²) in [4.78, 5) is 92.0. The number of imidazole rings is 1. The first kappa shape index (κ1) is 52.7.